The standard InChI is InChI=1S/C49H49F2N6O13PS/c1-48(2,3)41(54-43(61)37-22-29-21-30(14-16-36(29)72-37)49(50,51)71(66,67)68)47(65)56-24-31(23-34(56)45(63)55-19-20-69-35(25-55)27-9-5-4-6-10-27)70-26-39(59)52-18-8-12-28-11-7-13-32-40(28)46(64)57(44(32)62)33-15-17-38(58)53-42(33)60/h4-7,9-11,13-14,16,21-22,31,33-35,41H,15,17-20,23-26H2,1-3H3,(H,52,59)(H,54,61)(H,53,58,60)(H2,66,67,68)/t31-,33?,34-,35-,41+/m0/s1. The highest BCUT2D eigenvalue weighted by Gasteiger charge is 2.51. The first-order valence-corrected chi connectivity index (χ1v) is 25.2. The number of likely N-dealkylation sites (tertiary alicyclic amines) is 1. The number of carbonyl (C=O) groups excluding carboxylic acids is 8. The number of hydrogen-bond donors (Lipinski definition) is 5. The lowest BCUT2D eigenvalue weighted by atomic mass is 9.85. The van der Waals surface area contributed by atoms with Gasteiger partial charge >= 0.3 is 13.3 Å². The molecular weight excluding hydrogens is 982 g/mol. The van der Waals surface area contributed by atoms with Crippen LogP contribution in [0.1, 0.15) is 93.2 Å². The summed E-state index contributed by atoms with van der Waals surface area (Å²) < 4.78 is 53.1. The number of hydrogen-bond acceptors (Lipinski definition) is 12. The molecule has 1 unspecified atom stereocenters. The molecule has 8 rings (SSSR count). The number of nitrogens with one attached hydrogen (secondary N) is 3. The van der Waals surface area contributed by atoms with Crippen molar-refractivity contribution >= 4 is 76.3 Å². The number of imide groups is 2. The molecule has 0 radical (unpaired) electrons. The summed E-state index contributed by atoms with van der Waals surface area (Å²) in [5.41, 5.74) is -5.32. The van der Waals surface area contributed by atoms with Gasteiger partial charge in [-0.1, -0.05) is 75.1 Å². The molecule has 3 saturated heterocycles. The van der Waals surface area contributed by atoms with Gasteiger partial charge in [-0.15, -0.1) is 11.3 Å². The Bertz CT molecular complexity index is 3000. The van der Waals surface area contributed by atoms with Crippen molar-refractivity contribution in [1.29, 1.82) is 0 Å². The topological polar surface area (TPSA) is 258 Å². The van der Waals surface area contributed by atoms with Crippen LogP contribution in [-0.2, 0) is 43.7 Å². The normalized spacial score (nSPS) is 21.0. The van der Waals surface area contributed by atoms with E-state index in [1.807, 2.05) is 30.3 Å². The Kier molecular flexibility index (Phi) is 14.6. The molecule has 4 aliphatic heterocycles. The van der Waals surface area contributed by atoms with Crippen molar-refractivity contribution in [2.75, 3.05) is 39.4 Å². The fourth-order valence-electron chi connectivity index (χ4n) is 9.00. The molecule has 0 spiro atoms. The van der Waals surface area contributed by atoms with Crippen LogP contribution in [0.25, 0.3) is 10.1 Å². The van der Waals surface area contributed by atoms with Gasteiger partial charge in [0.05, 0.1) is 41.8 Å². The van der Waals surface area contributed by atoms with E-state index in [1.165, 1.54) is 35.2 Å². The van der Waals surface area contributed by atoms with Crippen LogP contribution in [0, 0.1) is 17.3 Å². The second-order valence-electron chi connectivity index (χ2n) is 18.7. The lowest BCUT2D eigenvalue weighted by Crippen LogP contribution is -2.58. The van der Waals surface area contributed by atoms with E-state index >= 15 is 0 Å². The molecule has 19 nitrogen and oxygen atoms in total. The largest absolute Gasteiger partial charge is 0.399 e. The van der Waals surface area contributed by atoms with E-state index in [2.05, 4.69) is 27.8 Å². The molecule has 23 heteroatoms. The van der Waals surface area contributed by atoms with Gasteiger partial charge in [-0.25, -0.2) is 0 Å². The van der Waals surface area contributed by atoms with E-state index in [0.717, 1.165) is 33.9 Å². The highest BCUT2D eigenvalue weighted by Crippen LogP contribution is 2.59. The molecule has 4 aromatic rings. The van der Waals surface area contributed by atoms with E-state index in [-0.39, 0.29) is 79.0 Å². The highest BCUT2D eigenvalue weighted by molar-refractivity contribution is 7.52. The Morgan fingerprint density at radius 2 is 1.74 bits per heavy atom. The Labute approximate surface area is 414 Å². The summed E-state index contributed by atoms with van der Waals surface area (Å²) in [7, 11) is -5.87. The zero-order valence-electron chi connectivity index (χ0n) is 39.0. The molecule has 3 fully saturated rings. The fourth-order valence-corrected chi connectivity index (χ4v) is 10.4. The van der Waals surface area contributed by atoms with Crippen LogP contribution in [0.15, 0.2) is 72.8 Å². The predicted octanol–water partition coefficient (Wildman–Crippen LogP) is 3.43. The van der Waals surface area contributed by atoms with Crippen molar-refractivity contribution in [2.45, 2.75) is 76.0 Å². The quantitative estimate of drug-likeness (QED) is 0.0776. The lowest BCUT2D eigenvalue weighted by Gasteiger charge is -2.38. The number of halogens is 2. The smallest absolute Gasteiger partial charge is 0.370 e. The molecule has 3 aromatic carbocycles. The van der Waals surface area contributed by atoms with Gasteiger partial charge in [0.25, 0.3) is 17.7 Å². The van der Waals surface area contributed by atoms with Gasteiger partial charge in [0.15, 0.2) is 0 Å². The van der Waals surface area contributed by atoms with E-state index < -0.39 is 108 Å². The molecule has 5 atom stereocenters. The van der Waals surface area contributed by atoms with Gasteiger partial charge < -0.3 is 39.7 Å². The number of nitrogens with zero attached hydrogens (tertiary/aromatic N) is 3. The minimum absolute atomic E-state index is 0.00814. The van der Waals surface area contributed by atoms with Crippen molar-refractivity contribution in [3.63, 3.8) is 0 Å². The van der Waals surface area contributed by atoms with Crippen molar-refractivity contribution < 1.29 is 71.0 Å². The van der Waals surface area contributed by atoms with Crippen LogP contribution < -0.4 is 16.0 Å². The summed E-state index contributed by atoms with van der Waals surface area (Å²) in [4.78, 5) is 130. The summed E-state index contributed by atoms with van der Waals surface area (Å²) in [5, 5.41) is 7.64. The minimum atomic E-state index is -5.87. The maximum atomic E-state index is 14.8. The third-order valence-electron chi connectivity index (χ3n) is 12.7. The van der Waals surface area contributed by atoms with Gasteiger partial charge in [-0.05, 0) is 53.1 Å². The minimum Gasteiger partial charge on any atom is -0.370 e. The van der Waals surface area contributed by atoms with E-state index in [4.69, 9.17) is 9.47 Å². The number of fused-ring (bicyclic) bond motifs is 2. The number of rotatable bonds is 12. The molecule has 72 heavy (non-hydrogen) atoms. The summed E-state index contributed by atoms with van der Waals surface area (Å²) in [6.07, 6.45) is -1.37. The number of benzene rings is 3. The number of amides is 8. The van der Waals surface area contributed by atoms with E-state index in [9.17, 15) is 61.5 Å². The first kappa shape index (κ1) is 51.6. The van der Waals surface area contributed by atoms with Crippen LogP contribution in [0.3, 0.4) is 0 Å². The number of thiophene rings is 1. The van der Waals surface area contributed by atoms with Gasteiger partial charge in [0, 0.05) is 41.8 Å². The Morgan fingerprint density at radius 1 is 0.986 bits per heavy atom. The molecule has 0 saturated carbocycles. The van der Waals surface area contributed by atoms with Crippen LogP contribution in [0.2, 0.25) is 0 Å². The number of ether oxygens (including phenoxy) is 2. The first-order chi connectivity index (χ1) is 34.0. The average Bonchev–Trinajstić information content (AvgIpc) is 4.05. The molecule has 1 aromatic heterocycles. The number of carbonyl (C=O) groups is 8. The Hall–Kier alpha value is -6.73. The lowest BCUT2D eigenvalue weighted by molar-refractivity contribution is -0.150. The predicted molar refractivity (Wildman–Crippen MR) is 253 cm³/mol. The summed E-state index contributed by atoms with van der Waals surface area (Å²) in [5.74, 6) is 0.482. The van der Waals surface area contributed by atoms with Crippen molar-refractivity contribution in [2.24, 2.45) is 5.41 Å². The maximum Gasteiger partial charge on any atom is 0.399 e. The van der Waals surface area contributed by atoms with Crippen LogP contribution in [0.4, 0.5) is 8.78 Å². The van der Waals surface area contributed by atoms with Crippen LogP contribution in [0.5, 0.6) is 0 Å². The van der Waals surface area contributed by atoms with Crippen molar-refractivity contribution in [1.82, 2.24) is 30.7 Å². The maximum absolute atomic E-state index is 14.8. The molecule has 378 valence electrons. The molecule has 0 aliphatic carbocycles. The average molecular weight is 1030 g/mol. The Morgan fingerprint density at radius 3 is 2.44 bits per heavy atom. The summed E-state index contributed by atoms with van der Waals surface area (Å²) in [6.45, 7) is 4.85. The summed E-state index contributed by atoms with van der Waals surface area (Å²) in [6, 6.07) is 14.5. The van der Waals surface area contributed by atoms with Gasteiger partial charge in [0.1, 0.15) is 30.8 Å². The van der Waals surface area contributed by atoms with Gasteiger partial charge in [0.2, 0.25) is 29.5 Å². The van der Waals surface area contributed by atoms with Crippen LogP contribution in [-0.4, -0.2) is 135 Å². The molecule has 4 aliphatic rings. The number of alkyl halides is 2. The first-order valence-electron chi connectivity index (χ1n) is 22.8. The summed E-state index contributed by atoms with van der Waals surface area (Å²) >= 11 is 0.914. The number of piperidine rings is 1. The Balaban J connectivity index is 0.957. The van der Waals surface area contributed by atoms with Crippen molar-refractivity contribution in [3.05, 3.63) is 105 Å². The monoisotopic (exact) mass is 1030 g/mol. The molecule has 5 N–H and O–H groups in total. The molecule has 8 amide bonds. The fraction of sp³-hybridized carbons (Fsp3) is 0.388. The second kappa shape index (κ2) is 20.4. The molecule has 5 heterocycles. The number of morpholine rings is 1. The molecular formula is C49H49F2N6O13PS. The van der Waals surface area contributed by atoms with E-state index in [1.54, 1.807) is 25.7 Å². The molecule has 0 bridgehead atoms. The van der Waals surface area contributed by atoms with Crippen molar-refractivity contribution in [3.8, 4) is 11.8 Å². The van der Waals surface area contributed by atoms with E-state index in [0.29, 0.717) is 4.70 Å². The van der Waals surface area contributed by atoms with Crippen LogP contribution >= 0.6 is 18.9 Å². The third kappa shape index (κ3) is 10.6. The highest BCUT2D eigenvalue weighted by atomic mass is 32.1. The third-order valence-corrected chi connectivity index (χ3v) is 14.8. The zero-order valence-corrected chi connectivity index (χ0v) is 40.7. The zero-order chi connectivity index (χ0) is 51.9. The van der Waals surface area contributed by atoms with Gasteiger partial charge in [-0.2, -0.15) is 8.78 Å². The SMILES string of the molecule is CC(C)(C)[C@H](NC(=O)c1cc2cc(C(F)(F)P(=O)(O)O)ccc2s1)C(=O)N1C[C@@H](OCC(=O)NCC#Cc2cccc3c2C(=O)N(C2CCC(=O)NC2=O)C3=O)C[C@H]1C(=O)N1CCO[C@H](c2ccccc2)C1. The van der Waals surface area contributed by atoms with Gasteiger partial charge in [-0.3, -0.25) is 53.1 Å². The second-order valence-corrected chi connectivity index (χ2v) is 21.4.